The van der Waals surface area contributed by atoms with Gasteiger partial charge in [-0.3, -0.25) is 4.79 Å². The maximum absolute atomic E-state index is 11.2. The average Bonchev–Trinajstić information content (AvgIpc) is 2.48. The van der Waals surface area contributed by atoms with Crippen molar-refractivity contribution >= 4 is 18.4 Å². The fourth-order valence-electron chi connectivity index (χ4n) is 1.35. The Morgan fingerprint density at radius 3 is 2.85 bits per heavy atom. The first-order chi connectivity index (χ1) is 6.20. The van der Waals surface area contributed by atoms with E-state index in [2.05, 4.69) is 0 Å². The number of para-hydroxylation sites is 1. The van der Waals surface area contributed by atoms with Gasteiger partial charge in [0.2, 0.25) is 5.78 Å². The van der Waals surface area contributed by atoms with Gasteiger partial charge >= 0.3 is 7.12 Å². The lowest BCUT2D eigenvalue weighted by atomic mass is 9.78. The SMILES string of the molecule is O=C1COc2c(B(O)O)cccc21. The highest BCUT2D eigenvalue weighted by atomic mass is 16.5. The first-order valence-electron chi connectivity index (χ1n) is 3.85. The van der Waals surface area contributed by atoms with Crippen LogP contribution in [-0.4, -0.2) is 29.6 Å². The minimum absolute atomic E-state index is 0.0148. The normalized spacial score (nSPS) is 13.8. The molecule has 0 aromatic heterocycles. The lowest BCUT2D eigenvalue weighted by molar-refractivity contribution is 0.0961. The van der Waals surface area contributed by atoms with Crippen LogP contribution in [0.5, 0.6) is 5.75 Å². The number of fused-ring (bicyclic) bond motifs is 1. The molecular weight excluding hydrogens is 171 g/mol. The Labute approximate surface area is 74.9 Å². The van der Waals surface area contributed by atoms with Crippen molar-refractivity contribution in [3.05, 3.63) is 23.8 Å². The molecule has 0 aliphatic carbocycles. The Balaban J connectivity index is 2.57. The van der Waals surface area contributed by atoms with Crippen molar-refractivity contribution in [3.63, 3.8) is 0 Å². The van der Waals surface area contributed by atoms with Gasteiger partial charge in [0.05, 0.1) is 5.56 Å². The number of hydrogen-bond acceptors (Lipinski definition) is 4. The van der Waals surface area contributed by atoms with Crippen LogP contribution in [0.15, 0.2) is 18.2 Å². The molecule has 1 aliphatic heterocycles. The number of carbonyl (C=O) groups is 1. The van der Waals surface area contributed by atoms with E-state index >= 15 is 0 Å². The van der Waals surface area contributed by atoms with Gasteiger partial charge < -0.3 is 14.8 Å². The molecule has 5 heteroatoms. The highest BCUT2D eigenvalue weighted by molar-refractivity contribution is 6.60. The first-order valence-corrected chi connectivity index (χ1v) is 3.85. The smallest absolute Gasteiger partial charge is 0.485 e. The third kappa shape index (κ3) is 1.22. The second-order valence-electron chi connectivity index (χ2n) is 2.81. The highest BCUT2D eigenvalue weighted by Gasteiger charge is 2.27. The van der Waals surface area contributed by atoms with Gasteiger partial charge in [-0.1, -0.05) is 12.1 Å². The number of Topliss-reactive ketones (excluding diaryl/α,β-unsaturated/α-hetero) is 1. The molecule has 13 heavy (non-hydrogen) atoms. The van der Waals surface area contributed by atoms with Crippen molar-refractivity contribution < 1.29 is 19.6 Å². The number of ether oxygens (including phenoxy) is 1. The highest BCUT2D eigenvalue weighted by Crippen LogP contribution is 2.22. The molecule has 1 heterocycles. The molecule has 0 spiro atoms. The Morgan fingerprint density at radius 1 is 1.38 bits per heavy atom. The van der Waals surface area contributed by atoms with Crippen LogP contribution in [0.2, 0.25) is 0 Å². The minimum atomic E-state index is -1.60. The van der Waals surface area contributed by atoms with Crippen LogP contribution in [-0.2, 0) is 0 Å². The molecule has 4 nitrogen and oxygen atoms in total. The minimum Gasteiger partial charge on any atom is -0.485 e. The van der Waals surface area contributed by atoms with Crippen molar-refractivity contribution in [2.24, 2.45) is 0 Å². The van der Waals surface area contributed by atoms with Gasteiger partial charge in [-0.15, -0.1) is 0 Å². The lowest BCUT2D eigenvalue weighted by Gasteiger charge is -2.04. The number of rotatable bonds is 1. The molecule has 1 aromatic rings. The van der Waals surface area contributed by atoms with Crippen molar-refractivity contribution in [1.82, 2.24) is 0 Å². The first kappa shape index (κ1) is 8.28. The molecule has 0 atom stereocenters. The van der Waals surface area contributed by atoms with Crippen LogP contribution in [0.3, 0.4) is 0 Å². The summed E-state index contributed by atoms with van der Waals surface area (Å²) in [7, 11) is -1.60. The van der Waals surface area contributed by atoms with E-state index in [1.165, 1.54) is 6.07 Å². The topological polar surface area (TPSA) is 66.8 Å². The van der Waals surface area contributed by atoms with Gasteiger partial charge in [0.25, 0.3) is 0 Å². The summed E-state index contributed by atoms with van der Waals surface area (Å²) in [5.41, 5.74) is 0.661. The quantitative estimate of drug-likeness (QED) is 0.538. The largest absolute Gasteiger partial charge is 0.492 e. The van der Waals surface area contributed by atoms with Gasteiger partial charge in [0, 0.05) is 5.46 Å². The standard InChI is InChI=1S/C8H7BO4/c10-7-4-13-8-5(7)2-1-3-6(8)9(11)12/h1-3,11-12H,4H2. The zero-order chi connectivity index (χ0) is 9.42. The zero-order valence-electron chi connectivity index (χ0n) is 6.73. The molecule has 66 valence electrons. The second-order valence-corrected chi connectivity index (χ2v) is 2.81. The summed E-state index contributed by atoms with van der Waals surface area (Å²) < 4.78 is 5.03. The molecule has 0 unspecified atom stereocenters. The number of carbonyl (C=O) groups excluding carboxylic acids is 1. The molecule has 1 aromatic carbocycles. The molecule has 2 N–H and O–H groups in total. The van der Waals surface area contributed by atoms with E-state index in [0.717, 1.165) is 0 Å². The third-order valence-electron chi connectivity index (χ3n) is 1.97. The van der Waals surface area contributed by atoms with Crippen LogP contribution in [0.25, 0.3) is 0 Å². The summed E-state index contributed by atoms with van der Waals surface area (Å²) in [6.45, 7) is -0.0148. The molecule has 0 saturated carbocycles. The Morgan fingerprint density at radius 2 is 2.15 bits per heavy atom. The summed E-state index contributed by atoms with van der Waals surface area (Å²) in [5, 5.41) is 17.9. The average molecular weight is 178 g/mol. The summed E-state index contributed by atoms with van der Waals surface area (Å²) in [6, 6.07) is 4.72. The summed E-state index contributed by atoms with van der Waals surface area (Å²) in [4.78, 5) is 11.2. The fourth-order valence-corrected chi connectivity index (χ4v) is 1.35. The molecule has 0 radical (unpaired) electrons. The van der Waals surface area contributed by atoms with Gasteiger partial charge in [-0.05, 0) is 6.07 Å². The monoisotopic (exact) mass is 178 g/mol. The van der Waals surface area contributed by atoms with Gasteiger partial charge in [0.15, 0.2) is 6.61 Å². The van der Waals surface area contributed by atoms with Crippen LogP contribution < -0.4 is 10.2 Å². The van der Waals surface area contributed by atoms with Gasteiger partial charge in [-0.2, -0.15) is 0 Å². The lowest BCUT2D eigenvalue weighted by Crippen LogP contribution is -2.30. The van der Waals surface area contributed by atoms with Crippen LogP contribution in [0.4, 0.5) is 0 Å². The van der Waals surface area contributed by atoms with Gasteiger partial charge in [-0.25, -0.2) is 0 Å². The Kier molecular flexibility index (Phi) is 1.83. The molecule has 2 rings (SSSR count). The van der Waals surface area contributed by atoms with Gasteiger partial charge in [0.1, 0.15) is 5.75 Å². The van der Waals surface area contributed by atoms with E-state index in [0.29, 0.717) is 11.3 Å². The van der Waals surface area contributed by atoms with E-state index < -0.39 is 7.12 Å². The molecule has 0 amide bonds. The fraction of sp³-hybridized carbons (Fsp3) is 0.125. The zero-order valence-corrected chi connectivity index (χ0v) is 6.73. The van der Waals surface area contributed by atoms with E-state index in [4.69, 9.17) is 14.8 Å². The Hall–Kier alpha value is -1.33. The van der Waals surface area contributed by atoms with E-state index in [1.54, 1.807) is 12.1 Å². The van der Waals surface area contributed by atoms with E-state index in [-0.39, 0.29) is 17.9 Å². The van der Waals surface area contributed by atoms with Crippen LogP contribution in [0, 0.1) is 0 Å². The predicted molar refractivity (Wildman–Crippen MR) is 46.1 cm³/mol. The molecule has 1 aliphatic rings. The number of hydrogen-bond donors (Lipinski definition) is 2. The van der Waals surface area contributed by atoms with Crippen molar-refractivity contribution in [3.8, 4) is 5.75 Å². The van der Waals surface area contributed by atoms with Crippen LogP contribution in [0.1, 0.15) is 10.4 Å². The Bertz CT molecular complexity index is 361. The summed E-state index contributed by atoms with van der Waals surface area (Å²) in [5.74, 6) is 0.167. The molecule has 0 fully saturated rings. The molecular formula is C8H7BO4. The van der Waals surface area contributed by atoms with Crippen molar-refractivity contribution in [1.29, 1.82) is 0 Å². The second kappa shape index (κ2) is 2.87. The van der Waals surface area contributed by atoms with Crippen molar-refractivity contribution in [2.45, 2.75) is 0 Å². The third-order valence-corrected chi connectivity index (χ3v) is 1.97. The predicted octanol–water partition coefficient (Wildman–Crippen LogP) is -1.06. The number of ketones is 1. The maximum atomic E-state index is 11.2. The molecule has 0 bridgehead atoms. The summed E-state index contributed by atoms with van der Waals surface area (Å²) >= 11 is 0. The summed E-state index contributed by atoms with van der Waals surface area (Å²) in [6.07, 6.45) is 0. The van der Waals surface area contributed by atoms with E-state index in [1.807, 2.05) is 0 Å². The van der Waals surface area contributed by atoms with Crippen molar-refractivity contribution in [2.75, 3.05) is 6.61 Å². The van der Waals surface area contributed by atoms with Crippen LogP contribution >= 0.6 is 0 Å². The molecule has 0 saturated heterocycles. The maximum Gasteiger partial charge on any atom is 0.492 e. The number of benzene rings is 1. The van der Waals surface area contributed by atoms with E-state index in [9.17, 15) is 4.79 Å².